The van der Waals surface area contributed by atoms with Crippen LogP contribution in [0.1, 0.15) is 15.4 Å². The molecule has 2 N–H and O–H groups in total. The maximum atomic E-state index is 12.2. The molecule has 21 heavy (non-hydrogen) atoms. The van der Waals surface area contributed by atoms with Crippen molar-refractivity contribution in [2.24, 2.45) is 0 Å². The predicted octanol–water partition coefficient (Wildman–Crippen LogP) is 2.80. The summed E-state index contributed by atoms with van der Waals surface area (Å²) in [4.78, 5) is 29.9. The highest BCUT2D eigenvalue weighted by Crippen LogP contribution is 2.23. The van der Waals surface area contributed by atoms with Gasteiger partial charge in [-0.05, 0) is 19.1 Å². The molecule has 0 radical (unpaired) electrons. The van der Waals surface area contributed by atoms with Crippen molar-refractivity contribution in [3.05, 3.63) is 40.9 Å². The second-order valence-electron chi connectivity index (χ2n) is 4.58. The molecule has 0 unspecified atom stereocenters. The average molecular weight is 304 g/mol. The van der Waals surface area contributed by atoms with E-state index in [-0.39, 0.29) is 11.9 Å². The fourth-order valence-electron chi connectivity index (χ4n) is 1.57. The maximum Gasteiger partial charge on any atom is 0.323 e. The largest absolute Gasteiger partial charge is 0.331 e. The Bertz CT molecular complexity index is 652. The van der Waals surface area contributed by atoms with Gasteiger partial charge in [0.2, 0.25) is 0 Å². The van der Waals surface area contributed by atoms with Crippen molar-refractivity contribution in [3.8, 4) is 0 Å². The molecule has 1 aromatic carbocycles. The van der Waals surface area contributed by atoms with Crippen LogP contribution in [-0.2, 0) is 0 Å². The lowest BCUT2D eigenvalue weighted by molar-refractivity contribution is 0.103. The summed E-state index contributed by atoms with van der Waals surface area (Å²) < 4.78 is 0. The van der Waals surface area contributed by atoms with E-state index in [1.807, 2.05) is 30.3 Å². The Hall–Kier alpha value is -2.41. The van der Waals surface area contributed by atoms with Gasteiger partial charge < -0.3 is 10.2 Å². The zero-order valence-corrected chi connectivity index (χ0v) is 12.8. The molecule has 1 aromatic heterocycles. The van der Waals surface area contributed by atoms with Gasteiger partial charge in [-0.3, -0.25) is 10.1 Å². The number of para-hydroxylation sites is 1. The first kappa shape index (κ1) is 15.0. The van der Waals surface area contributed by atoms with Gasteiger partial charge in [0.15, 0.2) is 5.13 Å². The van der Waals surface area contributed by atoms with Gasteiger partial charge >= 0.3 is 6.03 Å². The van der Waals surface area contributed by atoms with Gasteiger partial charge in [-0.25, -0.2) is 9.78 Å². The van der Waals surface area contributed by atoms with Crippen LogP contribution in [0.3, 0.4) is 0 Å². The minimum atomic E-state index is -0.279. The van der Waals surface area contributed by atoms with Gasteiger partial charge in [0.1, 0.15) is 4.88 Å². The van der Waals surface area contributed by atoms with E-state index in [1.54, 1.807) is 21.0 Å². The number of hydrogen-bond donors (Lipinski definition) is 2. The molecule has 1 heterocycles. The topological polar surface area (TPSA) is 74.3 Å². The molecule has 2 aromatic rings. The summed E-state index contributed by atoms with van der Waals surface area (Å²) in [7, 11) is 3.28. The molecular formula is C14H16N4O2S. The zero-order valence-electron chi connectivity index (χ0n) is 12.0. The zero-order chi connectivity index (χ0) is 15.4. The minimum Gasteiger partial charge on any atom is -0.331 e. The SMILES string of the molecule is Cc1nc(NC(=O)N(C)C)sc1C(=O)Nc1ccccc1. The Kier molecular flexibility index (Phi) is 4.54. The summed E-state index contributed by atoms with van der Waals surface area (Å²) in [5, 5.41) is 5.84. The van der Waals surface area contributed by atoms with E-state index >= 15 is 0 Å². The van der Waals surface area contributed by atoms with Crippen molar-refractivity contribution in [2.45, 2.75) is 6.92 Å². The summed E-state index contributed by atoms with van der Waals surface area (Å²) >= 11 is 1.15. The molecule has 0 aliphatic rings. The number of rotatable bonds is 3. The number of thiazole rings is 1. The number of anilines is 2. The van der Waals surface area contributed by atoms with Crippen molar-refractivity contribution >= 4 is 34.1 Å². The van der Waals surface area contributed by atoms with Gasteiger partial charge in [0.25, 0.3) is 5.91 Å². The van der Waals surface area contributed by atoms with Crippen LogP contribution >= 0.6 is 11.3 Å². The van der Waals surface area contributed by atoms with E-state index in [9.17, 15) is 9.59 Å². The van der Waals surface area contributed by atoms with E-state index in [0.717, 1.165) is 11.3 Å². The van der Waals surface area contributed by atoms with Crippen molar-refractivity contribution < 1.29 is 9.59 Å². The Labute approximate surface area is 126 Å². The Morgan fingerprint density at radius 2 is 1.81 bits per heavy atom. The molecule has 0 saturated carbocycles. The minimum absolute atomic E-state index is 0.235. The quantitative estimate of drug-likeness (QED) is 0.915. The lowest BCUT2D eigenvalue weighted by Crippen LogP contribution is -2.27. The summed E-state index contributed by atoms with van der Waals surface area (Å²) in [5.74, 6) is -0.235. The third kappa shape index (κ3) is 3.79. The Balaban J connectivity index is 2.11. The summed E-state index contributed by atoms with van der Waals surface area (Å²) in [6.45, 7) is 1.74. The van der Waals surface area contributed by atoms with Crippen LogP contribution in [0.5, 0.6) is 0 Å². The molecule has 0 bridgehead atoms. The maximum absolute atomic E-state index is 12.2. The van der Waals surface area contributed by atoms with Gasteiger partial charge in [-0.1, -0.05) is 29.5 Å². The monoisotopic (exact) mass is 304 g/mol. The standard InChI is InChI=1S/C14H16N4O2S/c1-9-11(12(19)16-10-7-5-4-6-8-10)21-13(15-9)17-14(20)18(2)3/h4-8H,1-3H3,(H,16,19)(H,15,17,20). The predicted molar refractivity (Wildman–Crippen MR) is 84.0 cm³/mol. The van der Waals surface area contributed by atoms with E-state index in [2.05, 4.69) is 15.6 Å². The van der Waals surface area contributed by atoms with Crippen LogP contribution in [-0.4, -0.2) is 35.9 Å². The van der Waals surface area contributed by atoms with Gasteiger partial charge in [-0.2, -0.15) is 0 Å². The van der Waals surface area contributed by atoms with Crippen LogP contribution in [0, 0.1) is 6.92 Å². The Morgan fingerprint density at radius 3 is 2.43 bits per heavy atom. The highest BCUT2D eigenvalue weighted by molar-refractivity contribution is 7.17. The molecule has 3 amide bonds. The van der Waals surface area contributed by atoms with E-state index in [1.165, 1.54) is 4.90 Å². The fourth-order valence-corrected chi connectivity index (χ4v) is 2.42. The number of hydrogen-bond acceptors (Lipinski definition) is 4. The first-order valence-electron chi connectivity index (χ1n) is 6.29. The molecule has 7 heteroatoms. The number of urea groups is 1. The number of carbonyl (C=O) groups is 2. The van der Waals surface area contributed by atoms with E-state index in [0.29, 0.717) is 21.4 Å². The molecule has 0 fully saturated rings. The van der Waals surface area contributed by atoms with Crippen molar-refractivity contribution in [3.63, 3.8) is 0 Å². The van der Waals surface area contributed by atoms with Gasteiger partial charge in [0.05, 0.1) is 5.69 Å². The first-order chi connectivity index (χ1) is 9.97. The number of benzene rings is 1. The molecule has 6 nitrogen and oxygen atoms in total. The number of carbonyl (C=O) groups excluding carboxylic acids is 2. The highest BCUT2D eigenvalue weighted by atomic mass is 32.1. The molecule has 110 valence electrons. The summed E-state index contributed by atoms with van der Waals surface area (Å²) in [6, 6.07) is 8.91. The summed E-state index contributed by atoms with van der Waals surface area (Å²) in [6.07, 6.45) is 0. The van der Waals surface area contributed by atoms with Crippen molar-refractivity contribution in [1.29, 1.82) is 0 Å². The highest BCUT2D eigenvalue weighted by Gasteiger charge is 2.17. The summed E-state index contributed by atoms with van der Waals surface area (Å²) in [5.41, 5.74) is 1.30. The number of nitrogens with zero attached hydrogens (tertiary/aromatic N) is 2. The van der Waals surface area contributed by atoms with Crippen molar-refractivity contribution in [1.82, 2.24) is 9.88 Å². The van der Waals surface area contributed by atoms with Gasteiger partial charge in [0, 0.05) is 19.8 Å². The lowest BCUT2D eigenvalue weighted by atomic mass is 10.3. The second-order valence-corrected chi connectivity index (χ2v) is 5.58. The van der Waals surface area contributed by atoms with Crippen LogP contribution in [0.4, 0.5) is 15.6 Å². The van der Waals surface area contributed by atoms with Crippen LogP contribution in [0.15, 0.2) is 30.3 Å². The number of aromatic nitrogens is 1. The smallest absolute Gasteiger partial charge is 0.323 e. The van der Waals surface area contributed by atoms with Crippen molar-refractivity contribution in [2.75, 3.05) is 24.7 Å². The lowest BCUT2D eigenvalue weighted by Gasteiger charge is -2.09. The first-order valence-corrected chi connectivity index (χ1v) is 7.11. The van der Waals surface area contributed by atoms with Crippen LogP contribution < -0.4 is 10.6 Å². The molecule has 0 saturated heterocycles. The van der Waals surface area contributed by atoms with E-state index < -0.39 is 0 Å². The molecule has 0 aliphatic heterocycles. The van der Waals surface area contributed by atoms with Crippen LogP contribution in [0.25, 0.3) is 0 Å². The molecule has 0 atom stereocenters. The average Bonchev–Trinajstić information content (AvgIpc) is 2.80. The second kappa shape index (κ2) is 6.36. The molecule has 0 aliphatic carbocycles. The number of nitrogens with one attached hydrogen (secondary N) is 2. The third-order valence-corrected chi connectivity index (χ3v) is 3.73. The number of aryl methyl sites for hydroxylation is 1. The number of amides is 3. The van der Waals surface area contributed by atoms with E-state index in [4.69, 9.17) is 0 Å². The van der Waals surface area contributed by atoms with Gasteiger partial charge in [-0.15, -0.1) is 0 Å². The fraction of sp³-hybridized carbons (Fsp3) is 0.214. The molecule has 0 spiro atoms. The molecule has 2 rings (SSSR count). The third-order valence-electron chi connectivity index (χ3n) is 2.65. The normalized spacial score (nSPS) is 10.0. The van der Waals surface area contributed by atoms with Crippen LogP contribution in [0.2, 0.25) is 0 Å². The Morgan fingerprint density at radius 1 is 1.14 bits per heavy atom. The molecular weight excluding hydrogens is 288 g/mol.